The van der Waals surface area contributed by atoms with Crippen molar-refractivity contribution in [1.82, 2.24) is 4.90 Å². The zero-order valence-corrected chi connectivity index (χ0v) is 16.5. The van der Waals surface area contributed by atoms with E-state index in [2.05, 4.69) is 0 Å². The molecule has 150 valence electrons. The van der Waals surface area contributed by atoms with E-state index < -0.39 is 28.6 Å². The van der Waals surface area contributed by atoms with Gasteiger partial charge in [-0.2, -0.15) is 0 Å². The summed E-state index contributed by atoms with van der Waals surface area (Å²) in [5, 5.41) is 10.6. The van der Waals surface area contributed by atoms with E-state index in [9.17, 15) is 24.5 Å². The van der Waals surface area contributed by atoms with Crippen molar-refractivity contribution < 1.29 is 28.5 Å². The fourth-order valence-corrected chi connectivity index (χ4v) is 3.52. The number of furan rings is 1. The Hall–Kier alpha value is -3.11. The molecule has 9 nitrogen and oxygen atoms in total. The molecule has 0 atom stereocenters. The van der Waals surface area contributed by atoms with Gasteiger partial charge in [0.25, 0.3) is 16.8 Å². The lowest BCUT2D eigenvalue weighted by atomic mass is 10.1. The number of imide groups is 1. The first-order valence-electron chi connectivity index (χ1n) is 8.25. The van der Waals surface area contributed by atoms with E-state index in [0.29, 0.717) is 17.3 Å². The average molecular weight is 437 g/mol. The first-order chi connectivity index (χ1) is 13.8. The third kappa shape index (κ3) is 4.49. The van der Waals surface area contributed by atoms with Crippen LogP contribution in [0.25, 0.3) is 17.4 Å². The quantitative estimate of drug-likeness (QED) is 0.287. The van der Waals surface area contributed by atoms with Crippen LogP contribution in [0.2, 0.25) is 5.02 Å². The van der Waals surface area contributed by atoms with Gasteiger partial charge in [0, 0.05) is 23.8 Å². The maximum Gasteiger partial charge on any atom is 0.326 e. The first kappa shape index (κ1) is 20.6. The second-order valence-electron chi connectivity index (χ2n) is 5.70. The fourth-order valence-electron chi connectivity index (χ4n) is 2.49. The van der Waals surface area contributed by atoms with Gasteiger partial charge in [-0.05, 0) is 36.9 Å². The van der Waals surface area contributed by atoms with Crippen LogP contribution in [0.3, 0.4) is 0 Å². The highest BCUT2D eigenvalue weighted by Gasteiger charge is 2.36. The summed E-state index contributed by atoms with van der Waals surface area (Å²) in [7, 11) is 0. The fraction of sp³-hybridized carbons (Fsp3) is 0.167. The van der Waals surface area contributed by atoms with E-state index >= 15 is 0 Å². The van der Waals surface area contributed by atoms with Crippen molar-refractivity contribution in [2.45, 2.75) is 6.92 Å². The number of nitro benzene ring substituents is 1. The number of ether oxygens (including phenoxy) is 1. The number of carbonyl (C=O) groups excluding carboxylic acids is 3. The van der Waals surface area contributed by atoms with Gasteiger partial charge in [-0.15, -0.1) is 0 Å². The van der Waals surface area contributed by atoms with Crippen LogP contribution in [0, 0.1) is 10.1 Å². The number of non-ortho nitro benzene ring substituents is 1. The lowest BCUT2D eigenvalue weighted by molar-refractivity contribution is -0.384. The van der Waals surface area contributed by atoms with Gasteiger partial charge in [0.2, 0.25) is 0 Å². The van der Waals surface area contributed by atoms with E-state index in [1.807, 2.05) is 0 Å². The van der Waals surface area contributed by atoms with Crippen molar-refractivity contribution in [1.29, 1.82) is 0 Å². The highest BCUT2D eigenvalue weighted by molar-refractivity contribution is 8.18. The predicted molar refractivity (Wildman–Crippen MR) is 105 cm³/mol. The van der Waals surface area contributed by atoms with Gasteiger partial charge >= 0.3 is 5.97 Å². The maximum absolute atomic E-state index is 12.4. The summed E-state index contributed by atoms with van der Waals surface area (Å²) < 4.78 is 10.4. The molecule has 29 heavy (non-hydrogen) atoms. The Morgan fingerprint density at radius 1 is 1.34 bits per heavy atom. The summed E-state index contributed by atoms with van der Waals surface area (Å²) in [5.41, 5.74) is 0.165. The smallest absolute Gasteiger partial charge is 0.326 e. The Balaban J connectivity index is 1.83. The Labute approximate surface area is 173 Å². The summed E-state index contributed by atoms with van der Waals surface area (Å²) >= 11 is 6.77. The molecule has 3 rings (SSSR count). The third-order valence-corrected chi connectivity index (χ3v) is 5.03. The molecule has 1 aliphatic rings. The lowest BCUT2D eigenvalue weighted by Crippen LogP contribution is -2.34. The van der Waals surface area contributed by atoms with Crippen molar-refractivity contribution in [3.8, 4) is 11.3 Å². The Morgan fingerprint density at radius 2 is 2.10 bits per heavy atom. The van der Waals surface area contributed by atoms with Crippen LogP contribution < -0.4 is 0 Å². The van der Waals surface area contributed by atoms with Crippen LogP contribution in [0.5, 0.6) is 0 Å². The number of rotatable bonds is 6. The van der Waals surface area contributed by atoms with Crippen LogP contribution in [0.15, 0.2) is 39.7 Å². The number of benzene rings is 1. The molecule has 0 aliphatic carbocycles. The average Bonchev–Trinajstić information content (AvgIpc) is 3.22. The second-order valence-corrected chi connectivity index (χ2v) is 7.10. The molecule has 0 N–H and O–H groups in total. The second kappa shape index (κ2) is 8.50. The molecular weight excluding hydrogens is 424 g/mol. The van der Waals surface area contributed by atoms with Crippen molar-refractivity contribution in [2.75, 3.05) is 13.2 Å². The van der Waals surface area contributed by atoms with E-state index in [4.69, 9.17) is 20.8 Å². The van der Waals surface area contributed by atoms with Crippen molar-refractivity contribution >= 4 is 52.2 Å². The number of hydrogen-bond acceptors (Lipinski definition) is 8. The molecule has 0 saturated carbocycles. The van der Waals surface area contributed by atoms with E-state index in [-0.39, 0.29) is 33.7 Å². The largest absolute Gasteiger partial charge is 0.465 e. The molecule has 1 saturated heterocycles. The minimum Gasteiger partial charge on any atom is -0.465 e. The van der Waals surface area contributed by atoms with Crippen molar-refractivity contribution in [3.63, 3.8) is 0 Å². The molecule has 1 aromatic carbocycles. The Morgan fingerprint density at radius 3 is 2.79 bits per heavy atom. The van der Waals surface area contributed by atoms with Crippen LogP contribution in [0.4, 0.5) is 10.5 Å². The number of amides is 2. The molecule has 0 unspecified atom stereocenters. The molecule has 2 aromatic rings. The van der Waals surface area contributed by atoms with Gasteiger partial charge in [-0.25, -0.2) is 0 Å². The van der Waals surface area contributed by atoms with Gasteiger partial charge in [0.1, 0.15) is 18.1 Å². The molecule has 1 aromatic heterocycles. The maximum atomic E-state index is 12.4. The zero-order valence-electron chi connectivity index (χ0n) is 14.9. The summed E-state index contributed by atoms with van der Waals surface area (Å²) in [5.74, 6) is -0.823. The van der Waals surface area contributed by atoms with Gasteiger partial charge in [-0.1, -0.05) is 11.6 Å². The number of halogens is 1. The minimum atomic E-state index is -0.684. The van der Waals surface area contributed by atoms with Gasteiger partial charge in [-0.3, -0.25) is 29.4 Å². The van der Waals surface area contributed by atoms with Gasteiger partial charge in [0.05, 0.1) is 21.5 Å². The SMILES string of the molecule is CCOC(=O)CN1C(=O)SC(=Cc2ccc(-c3cc([N+](=O)[O-])ccc3Cl)o2)C1=O. The van der Waals surface area contributed by atoms with Crippen LogP contribution in [0.1, 0.15) is 12.7 Å². The monoisotopic (exact) mass is 436 g/mol. The highest BCUT2D eigenvalue weighted by Crippen LogP contribution is 2.35. The topological polar surface area (TPSA) is 120 Å². The highest BCUT2D eigenvalue weighted by atomic mass is 35.5. The van der Waals surface area contributed by atoms with Crippen molar-refractivity contribution in [3.05, 3.63) is 56.1 Å². The van der Waals surface area contributed by atoms with E-state index in [1.165, 1.54) is 30.3 Å². The first-order valence-corrected chi connectivity index (χ1v) is 9.44. The molecule has 2 heterocycles. The molecule has 1 fully saturated rings. The van der Waals surface area contributed by atoms with E-state index in [1.54, 1.807) is 13.0 Å². The van der Waals surface area contributed by atoms with Gasteiger partial charge < -0.3 is 9.15 Å². The standard InChI is InChI=1S/C18H13ClN2O7S/c1-2-27-16(22)9-20-17(23)15(29-18(20)24)8-11-4-6-14(28-11)12-7-10(21(25)26)3-5-13(12)19/h3-8H,2,9H2,1H3. The van der Waals surface area contributed by atoms with E-state index in [0.717, 1.165) is 4.90 Å². The summed E-state index contributed by atoms with van der Waals surface area (Å²) in [6.45, 7) is 1.29. The summed E-state index contributed by atoms with van der Waals surface area (Å²) in [4.78, 5) is 47.2. The summed E-state index contributed by atoms with van der Waals surface area (Å²) in [6.07, 6.45) is 1.35. The van der Waals surface area contributed by atoms with Crippen LogP contribution in [-0.4, -0.2) is 40.1 Å². The number of nitro groups is 1. The minimum absolute atomic E-state index is 0.0744. The zero-order chi connectivity index (χ0) is 21.1. The predicted octanol–water partition coefficient (Wildman–Crippen LogP) is 4.11. The molecule has 0 bridgehead atoms. The van der Waals surface area contributed by atoms with Crippen molar-refractivity contribution in [2.24, 2.45) is 0 Å². The van der Waals surface area contributed by atoms with Crippen LogP contribution in [-0.2, 0) is 14.3 Å². The molecule has 2 amide bonds. The molecule has 1 aliphatic heterocycles. The number of nitrogens with zero attached hydrogens (tertiary/aromatic N) is 2. The number of thioether (sulfide) groups is 1. The Kier molecular flexibility index (Phi) is 6.04. The molecular formula is C18H13ClN2O7S. The normalized spacial score (nSPS) is 15.2. The van der Waals surface area contributed by atoms with Crippen LogP contribution >= 0.6 is 23.4 Å². The molecule has 11 heteroatoms. The number of carbonyl (C=O) groups is 3. The lowest BCUT2D eigenvalue weighted by Gasteiger charge is -2.10. The number of hydrogen-bond donors (Lipinski definition) is 0. The third-order valence-electron chi connectivity index (χ3n) is 3.79. The molecule has 0 radical (unpaired) electrons. The Bertz CT molecular complexity index is 1050. The summed E-state index contributed by atoms with van der Waals surface area (Å²) in [6, 6.07) is 7.01. The van der Waals surface area contributed by atoms with Gasteiger partial charge in [0.15, 0.2) is 0 Å². The molecule has 0 spiro atoms. The number of esters is 1.